The minimum atomic E-state index is 0.517. The average Bonchev–Trinajstić information content (AvgIpc) is 2.68. The zero-order chi connectivity index (χ0) is 12.7. The number of fused-ring (bicyclic) bond motifs is 1. The second-order valence-electron chi connectivity index (χ2n) is 4.12. The summed E-state index contributed by atoms with van der Waals surface area (Å²) in [5.41, 5.74) is 8.82. The van der Waals surface area contributed by atoms with E-state index in [-0.39, 0.29) is 0 Å². The Balaban J connectivity index is 2.17. The normalized spacial score (nSPS) is 14.6. The van der Waals surface area contributed by atoms with Crippen molar-refractivity contribution in [3.05, 3.63) is 39.0 Å². The Morgan fingerprint density at radius 1 is 1.44 bits per heavy atom. The van der Waals surface area contributed by atoms with Crippen LogP contribution in [-0.2, 0) is 17.8 Å². The average molecular weight is 329 g/mol. The first-order valence-corrected chi connectivity index (χ1v) is 6.73. The Kier molecular flexibility index (Phi) is 3.05. The molecule has 0 saturated carbocycles. The number of rotatable bonds is 1. The zero-order valence-electron chi connectivity index (χ0n) is 9.49. The maximum atomic E-state index is 6.25. The number of nitrogens with zero attached hydrogens (tertiary/aromatic N) is 2. The van der Waals surface area contributed by atoms with Crippen LogP contribution in [-0.4, -0.2) is 16.4 Å². The van der Waals surface area contributed by atoms with Gasteiger partial charge in [0.05, 0.1) is 29.6 Å². The second kappa shape index (κ2) is 4.57. The summed E-state index contributed by atoms with van der Waals surface area (Å²) in [6.45, 7) is 1.21. The van der Waals surface area contributed by atoms with Crippen molar-refractivity contribution < 1.29 is 4.74 Å². The third-order valence-electron chi connectivity index (χ3n) is 2.99. The van der Waals surface area contributed by atoms with Gasteiger partial charge in [-0.15, -0.1) is 5.10 Å². The van der Waals surface area contributed by atoms with Crippen molar-refractivity contribution in [2.24, 2.45) is 0 Å². The minimum absolute atomic E-state index is 0.517. The van der Waals surface area contributed by atoms with E-state index in [0.717, 1.165) is 27.8 Å². The van der Waals surface area contributed by atoms with E-state index in [2.05, 4.69) is 21.0 Å². The van der Waals surface area contributed by atoms with Crippen LogP contribution >= 0.6 is 27.5 Å². The van der Waals surface area contributed by atoms with Crippen molar-refractivity contribution in [3.63, 3.8) is 0 Å². The van der Waals surface area contributed by atoms with Gasteiger partial charge in [-0.05, 0) is 18.2 Å². The van der Waals surface area contributed by atoms with Gasteiger partial charge in [-0.3, -0.25) is 0 Å². The number of aromatic nitrogens is 2. The molecule has 2 N–H and O–H groups in total. The van der Waals surface area contributed by atoms with Crippen molar-refractivity contribution in [1.82, 2.24) is 9.78 Å². The van der Waals surface area contributed by atoms with Crippen LogP contribution in [0.1, 0.15) is 11.3 Å². The lowest BCUT2D eigenvalue weighted by Gasteiger charge is -2.15. The van der Waals surface area contributed by atoms with Crippen LogP contribution in [0.2, 0.25) is 5.02 Å². The van der Waals surface area contributed by atoms with Gasteiger partial charge in [0.15, 0.2) is 5.82 Å². The molecular weight excluding hydrogens is 318 g/mol. The number of hydrogen-bond donors (Lipinski definition) is 1. The molecule has 0 atom stereocenters. The molecule has 3 rings (SSSR count). The molecule has 18 heavy (non-hydrogen) atoms. The van der Waals surface area contributed by atoms with Crippen LogP contribution in [0.4, 0.5) is 5.82 Å². The number of anilines is 1. The van der Waals surface area contributed by atoms with Gasteiger partial charge in [0.1, 0.15) is 0 Å². The van der Waals surface area contributed by atoms with Gasteiger partial charge >= 0.3 is 0 Å². The van der Waals surface area contributed by atoms with Crippen molar-refractivity contribution in [2.45, 2.75) is 13.0 Å². The van der Waals surface area contributed by atoms with E-state index in [1.807, 2.05) is 22.9 Å². The summed E-state index contributed by atoms with van der Waals surface area (Å²) in [4.78, 5) is 0. The molecule has 1 aromatic carbocycles. The highest BCUT2D eigenvalue weighted by atomic mass is 79.9. The van der Waals surface area contributed by atoms with E-state index in [9.17, 15) is 0 Å². The first-order valence-electron chi connectivity index (χ1n) is 5.56. The smallest absolute Gasteiger partial charge is 0.151 e. The van der Waals surface area contributed by atoms with Crippen LogP contribution in [0, 0.1) is 0 Å². The van der Waals surface area contributed by atoms with Gasteiger partial charge in [0.25, 0.3) is 0 Å². The monoisotopic (exact) mass is 327 g/mol. The predicted molar refractivity (Wildman–Crippen MR) is 74.0 cm³/mol. The molecule has 6 heteroatoms. The predicted octanol–water partition coefficient (Wildman–Crippen LogP) is 2.94. The number of halogens is 2. The van der Waals surface area contributed by atoms with Gasteiger partial charge in [0.2, 0.25) is 0 Å². The zero-order valence-corrected chi connectivity index (χ0v) is 11.8. The maximum absolute atomic E-state index is 6.25. The van der Waals surface area contributed by atoms with Crippen molar-refractivity contribution in [2.75, 3.05) is 12.3 Å². The van der Waals surface area contributed by atoms with Gasteiger partial charge < -0.3 is 10.5 Å². The van der Waals surface area contributed by atoms with Crippen molar-refractivity contribution in [1.29, 1.82) is 0 Å². The molecule has 0 spiro atoms. The summed E-state index contributed by atoms with van der Waals surface area (Å²) in [7, 11) is 0. The summed E-state index contributed by atoms with van der Waals surface area (Å²) in [5.74, 6) is 0.517. The van der Waals surface area contributed by atoms with Crippen LogP contribution in [0.15, 0.2) is 22.7 Å². The van der Waals surface area contributed by atoms with E-state index in [4.69, 9.17) is 22.1 Å². The molecule has 0 aliphatic carbocycles. The molecule has 1 aliphatic rings. The van der Waals surface area contributed by atoms with E-state index in [0.29, 0.717) is 24.1 Å². The largest absolute Gasteiger partial charge is 0.382 e. The first-order chi connectivity index (χ1) is 8.66. The summed E-state index contributed by atoms with van der Waals surface area (Å²) >= 11 is 9.64. The molecular formula is C12H11BrClN3O. The molecule has 0 fully saturated rings. The maximum Gasteiger partial charge on any atom is 0.151 e. The Labute approximate surface area is 118 Å². The molecule has 1 aromatic heterocycles. The summed E-state index contributed by atoms with van der Waals surface area (Å²) in [6, 6.07) is 5.71. The van der Waals surface area contributed by atoms with Crippen LogP contribution < -0.4 is 5.73 Å². The first kappa shape index (κ1) is 12.0. The van der Waals surface area contributed by atoms with E-state index >= 15 is 0 Å². The Morgan fingerprint density at radius 3 is 3.06 bits per heavy atom. The highest BCUT2D eigenvalue weighted by molar-refractivity contribution is 9.10. The van der Waals surface area contributed by atoms with Crippen LogP contribution in [0.3, 0.4) is 0 Å². The van der Waals surface area contributed by atoms with E-state index < -0.39 is 0 Å². The fraction of sp³-hybridized carbons (Fsp3) is 0.250. The van der Waals surface area contributed by atoms with Crippen molar-refractivity contribution >= 4 is 33.3 Å². The standard InChI is InChI=1S/C12H11BrClN3O/c13-7-1-2-11(9(14)5-7)17-10-3-4-18-6-8(10)12(15)16-17/h1-2,5H,3-4,6H2,(H2,15,16). The molecule has 2 heterocycles. The molecule has 94 valence electrons. The molecule has 0 radical (unpaired) electrons. The summed E-state index contributed by atoms with van der Waals surface area (Å²) in [5, 5.41) is 5.01. The van der Waals surface area contributed by atoms with Crippen LogP contribution in [0.25, 0.3) is 5.69 Å². The molecule has 4 nitrogen and oxygen atoms in total. The minimum Gasteiger partial charge on any atom is -0.382 e. The molecule has 2 aromatic rings. The molecule has 0 unspecified atom stereocenters. The van der Waals surface area contributed by atoms with E-state index in [1.165, 1.54) is 0 Å². The number of nitrogens with two attached hydrogens (primary N) is 1. The van der Waals surface area contributed by atoms with Gasteiger partial charge in [-0.25, -0.2) is 4.68 Å². The fourth-order valence-electron chi connectivity index (χ4n) is 2.11. The Bertz CT molecular complexity index is 612. The number of benzene rings is 1. The van der Waals surface area contributed by atoms with Gasteiger partial charge in [-0.1, -0.05) is 27.5 Å². The third kappa shape index (κ3) is 1.92. The fourth-order valence-corrected chi connectivity index (χ4v) is 2.87. The SMILES string of the molecule is Nc1nn(-c2ccc(Br)cc2Cl)c2c1COCC2. The van der Waals surface area contributed by atoms with Gasteiger partial charge in [0, 0.05) is 16.5 Å². The quantitative estimate of drug-likeness (QED) is 0.875. The molecule has 0 amide bonds. The van der Waals surface area contributed by atoms with E-state index in [1.54, 1.807) is 0 Å². The molecule has 0 saturated heterocycles. The number of nitrogen functional groups attached to an aromatic ring is 1. The van der Waals surface area contributed by atoms with Crippen molar-refractivity contribution in [3.8, 4) is 5.69 Å². The lowest BCUT2D eigenvalue weighted by molar-refractivity contribution is 0.110. The molecule has 1 aliphatic heterocycles. The number of hydrogen-bond acceptors (Lipinski definition) is 3. The second-order valence-corrected chi connectivity index (χ2v) is 5.44. The summed E-state index contributed by atoms with van der Waals surface area (Å²) < 4.78 is 8.16. The highest BCUT2D eigenvalue weighted by Crippen LogP contribution is 2.30. The lowest BCUT2D eigenvalue weighted by atomic mass is 10.1. The molecule has 0 bridgehead atoms. The Morgan fingerprint density at radius 2 is 2.28 bits per heavy atom. The number of ether oxygens (including phenoxy) is 1. The van der Waals surface area contributed by atoms with Gasteiger partial charge in [-0.2, -0.15) is 0 Å². The summed E-state index contributed by atoms with van der Waals surface area (Å²) in [6.07, 6.45) is 0.798. The topological polar surface area (TPSA) is 53.1 Å². The Hall–Kier alpha value is -1.04. The highest BCUT2D eigenvalue weighted by Gasteiger charge is 2.21. The lowest BCUT2D eigenvalue weighted by Crippen LogP contribution is -2.13. The third-order valence-corrected chi connectivity index (χ3v) is 3.78. The van der Waals surface area contributed by atoms with Crippen LogP contribution in [0.5, 0.6) is 0 Å².